The van der Waals surface area contributed by atoms with Gasteiger partial charge in [0.25, 0.3) is 5.56 Å². The van der Waals surface area contributed by atoms with Crippen LogP contribution in [-0.4, -0.2) is 31.3 Å². The molecule has 0 fully saturated rings. The number of thiazole rings is 1. The summed E-state index contributed by atoms with van der Waals surface area (Å²) in [5.41, 5.74) is 2.93. The highest BCUT2D eigenvalue weighted by molar-refractivity contribution is 7.98. The molecule has 0 atom stereocenters. The lowest BCUT2D eigenvalue weighted by molar-refractivity contribution is 0.415. The van der Waals surface area contributed by atoms with E-state index < -0.39 is 0 Å². The van der Waals surface area contributed by atoms with Gasteiger partial charge in [0.05, 0.1) is 12.8 Å². The monoisotopic (exact) mass is 439 g/mol. The number of methoxy groups -OCH3 is 1. The molecular formula is C21H21N5O2S2. The number of nitrogens with zero attached hydrogens (tertiary/aromatic N) is 5. The molecule has 1 aromatic carbocycles. The fraction of sp³-hybridized carbons (Fsp3) is 0.333. The SMILES string of the molecule is COc1ccc(-c2nnc(SCc3cc(=O)n4c5c(sc4n3)CCCC5)n2C)cc1. The minimum atomic E-state index is 0.0203. The normalized spacial score (nSPS) is 13.5. The molecule has 0 N–H and O–H groups in total. The summed E-state index contributed by atoms with van der Waals surface area (Å²) in [6.45, 7) is 0. The summed E-state index contributed by atoms with van der Waals surface area (Å²) in [7, 11) is 3.59. The van der Waals surface area contributed by atoms with Crippen molar-refractivity contribution >= 4 is 28.1 Å². The van der Waals surface area contributed by atoms with Crippen LogP contribution in [0, 0.1) is 0 Å². The van der Waals surface area contributed by atoms with Gasteiger partial charge < -0.3 is 9.30 Å². The molecule has 7 nitrogen and oxygen atoms in total. The summed E-state index contributed by atoms with van der Waals surface area (Å²) in [4.78, 5) is 19.6. The smallest absolute Gasteiger partial charge is 0.259 e. The van der Waals surface area contributed by atoms with Crippen molar-refractivity contribution in [2.24, 2.45) is 7.05 Å². The fourth-order valence-corrected chi connectivity index (χ4v) is 5.82. The molecule has 0 saturated carbocycles. The molecular weight excluding hydrogens is 418 g/mol. The fourth-order valence-electron chi connectivity index (χ4n) is 3.79. The number of rotatable bonds is 5. The van der Waals surface area contributed by atoms with E-state index in [1.807, 2.05) is 35.9 Å². The van der Waals surface area contributed by atoms with Gasteiger partial charge in [0, 0.05) is 35.0 Å². The average Bonchev–Trinajstić information content (AvgIpc) is 3.32. The van der Waals surface area contributed by atoms with Crippen molar-refractivity contribution < 1.29 is 4.74 Å². The Morgan fingerprint density at radius 1 is 1.17 bits per heavy atom. The van der Waals surface area contributed by atoms with Gasteiger partial charge >= 0.3 is 0 Å². The van der Waals surface area contributed by atoms with Gasteiger partial charge in [-0.05, 0) is 49.9 Å². The maximum atomic E-state index is 12.7. The van der Waals surface area contributed by atoms with Gasteiger partial charge in [0.1, 0.15) is 5.75 Å². The molecule has 4 aromatic rings. The zero-order valence-corrected chi connectivity index (χ0v) is 18.4. The minimum absolute atomic E-state index is 0.0203. The van der Waals surface area contributed by atoms with E-state index in [9.17, 15) is 4.79 Å². The van der Waals surface area contributed by atoms with Crippen LogP contribution in [-0.2, 0) is 25.6 Å². The van der Waals surface area contributed by atoms with Crippen molar-refractivity contribution in [3.8, 4) is 17.1 Å². The van der Waals surface area contributed by atoms with Crippen molar-refractivity contribution in [2.45, 2.75) is 36.6 Å². The molecule has 1 aliphatic rings. The first-order valence-corrected chi connectivity index (χ1v) is 11.6. The lowest BCUT2D eigenvalue weighted by Gasteiger charge is -2.10. The van der Waals surface area contributed by atoms with E-state index in [1.54, 1.807) is 28.9 Å². The lowest BCUT2D eigenvalue weighted by Crippen LogP contribution is -2.17. The van der Waals surface area contributed by atoms with Crippen molar-refractivity contribution in [2.75, 3.05) is 7.11 Å². The van der Waals surface area contributed by atoms with E-state index >= 15 is 0 Å². The zero-order chi connectivity index (χ0) is 20.7. The third-order valence-electron chi connectivity index (χ3n) is 5.35. The third-order valence-corrected chi connectivity index (χ3v) is 7.54. The van der Waals surface area contributed by atoms with Gasteiger partial charge in [-0.2, -0.15) is 0 Å². The van der Waals surface area contributed by atoms with Crippen LogP contribution in [0.4, 0.5) is 0 Å². The van der Waals surface area contributed by atoms with Gasteiger partial charge in [0.2, 0.25) is 0 Å². The van der Waals surface area contributed by atoms with Crippen LogP contribution in [0.3, 0.4) is 0 Å². The second-order valence-electron chi connectivity index (χ2n) is 7.27. The molecule has 30 heavy (non-hydrogen) atoms. The van der Waals surface area contributed by atoms with Crippen LogP contribution in [0.25, 0.3) is 16.3 Å². The molecule has 3 aromatic heterocycles. The van der Waals surface area contributed by atoms with Crippen molar-refractivity contribution in [1.82, 2.24) is 24.1 Å². The maximum Gasteiger partial charge on any atom is 0.259 e. The zero-order valence-electron chi connectivity index (χ0n) is 16.8. The molecule has 0 spiro atoms. The lowest BCUT2D eigenvalue weighted by atomic mass is 10.0. The average molecular weight is 440 g/mol. The number of hydrogen-bond donors (Lipinski definition) is 0. The Kier molecular flexibility index (Phi) is 5.08. The van der Waals surface area contributed by atoms with E-state index in [0.29, 0.717) is 5.75 Å². The Bertz CT molecular complexity index is 1270. The van der Waals surface area contributed by atoms with E-state index in [-0.39, 0.29) is 5.56 Å². The molecule has 0 bridgehead atoms. The molecule has 0 aliphatic heterocycles. The summed E-state index contributed by atoms with van der Waals surface area (Å²) in [5, 5.41) is 9.44. The molecule has 3 heterocycles. The Morgan fingerprint density at radius 3 is 2.77 bits per heavy atom. The molecule has 154 valence electrons. The van der Waals surface area contributed by atoms with Gasteiger partial charge in [-0.15, -0.1) is 21.5 Å². The predicted molar refractivity (Wildman–Crippen MR) is 119 cm³/mol. The molecule has 0 amide bonds. The molecule has 5 rings (SSSR count). The third kappa shape index (κ3) is 3.41. The van der Waals surface area contributed by atoms with Crippen LogP contribution in [0.1, 0.15) is 29.1 Å². The van der Waals surface area contributed by atoms with Crippen LogP contribution in [0.2, 0.25) is 0 Å². The van der Waals surface area contributed by atoms with Crippen molar-refractivity contribution in [3.63, 3.8) is 0 Å². The summed E-state index contributed by atoms with van der Waals surface area (Å²) in [5.74, 6) is 2.16. The number of aromatic nitrogens is 5. The standard InChI is InChI=1S/C21H21N5O2S2/c1-25-19(13-7-9-15(28-2)10-8-13)23-24-21(25)29-12-14-11-18(27)26-16-5-3-4-6-17(16)30-20(26)22-14/h7-11H,3-6,12H2,1-2H3. The van der Waals surface area contributed by atoms with Crippen LogP contribution >= 0.6 is 23.1 Å². The van der Waals surface area contributed by atoms with E-state index in [2.05, 4.69) is 10.2 Å². The Morgan fingerprint density at radius 2 is 1.97 bits per heavy atom. The first-order valence-electron chi connectivity index (χ1n) is 9.84. The Hall–Kier alpha value is -2.65. The van der Waals surface area contributed by atoms with Crippen LogP contribution in [0.15, 0.2) is 40.3 Å². The summed E-state index contributed by atoms with van der Waals surface area (Å²) in [6.07, 6.45) is 4.36. The van der Waals surface area contributed by atoms with Gasteiger partial charge in [-0.1, -0.05) is 11.8 Å². The second-order valence-corrected chi connectivity index (χ2v) is 9.27. The van der Waals surface area contributed by atoms with Crippen molar-refractivity contribution in [1.29, 1.82) is 0 Å². The minimum Gasteiger partial charge on any atom is -0.497 e. The van der Waals surface area contributed by atoms with Gasteiger partial charge in [-0.3, -0.25) is 9.20 Å². The summed E-state index contributed by atoms with van der Waals surface area (Å²) in [6, 6.07) is 9.40. The summed E-state index contributed by atoms with van der Waals surface area (Å²) >= 11 is 3.19. The van der Waals surface area contributed by atoms with Gasteiger partial charge in [-0.25, -0.2) is 4.98 Å². The first kappa shape index (κ1) is 19.3. The quantitative estimate of drug-likeness (QED) is 0.441. The topological polar surface area (TPSA) is 74.3 Å². The Balaban J connectivity index is 1.38. The number of thioether (sulfide) groups is 1. The predicted octanol–water partition coefficient (Wildman–Crippen LogP) is 3.73. The second kappa shape index (κ2) is 7.88. The van der Waals surface area contributed by atoms with E-state index in [4.69, 9.17) is 9.72 Å². The molecule has 0 unspecified atom stereocenters. The van der Waals surface area contributed by atoms with Crippen molar-refractivity contribution in [3.05, 3.63) is 57.0 Å². The number of ether oxygens (including phenoxy) is 1. The largest absolute Gasteiger partial charge is 0.497 e. The molecule has 1 aliphatic carbocycles. The molecule has 9 heteroatoms. The van der Waals surface area contributed by atoms with Gasteiger partial charge in [0.15, 0.2) is 15.9 Å². The number of benzene rings is 1. The number of hydrogen-bond acceptors (Lipinski definition) is 7. The van der Waals surface area contributed by atoms with E-state index in [1.165, 1.54) is 23.1 Å². The van der Waals surface area contributed by atoms with E-state index in [0.717, 1.165) is 57.9 Å². The highest BCUT2D eigenvalue weighted by atomic mass is 32.2. The number of fused-ring (bicyclic) bond motifs is 3. The Labute approximate surface area is 181 Å². The maximum absolute atomic E-state index is 12.7. The number of aryl methyl sites for hydroxylation is 2. The summed E-state index contributed by atoms with van der Waals surface area (Å²) < 4.78 is 8.98. The highest BCUT2D eigenvalue weighted by Gasteiger charge is 2.19. The first-order chi connectivity index (χ1) is 14.6. The molecule has 0 saturated heterocycles. The van der Waals surface area contributed by atoms with Crippen LogP contribution < -0.4 is 10.3 Å². The highest BCUT2D eigenvalue weighted by Crippen LogP contribution is 2.29. The van der Waals surface area contributed by atoms with Crippen LogP contribution in [0.5, 0.6) is 5.75 Å². The molecule has 0 radical (unpaired) electrons.